The second kappa shape index (κ2) is 4.86. The maximum atomic E-state index is 5.61. The van der Waals surface area contributed by atoms with E-state index in [9.17, 15) is 0 Å². The number of ether oxygens (including phenoxy) is 1. The number of hydrogen-bond acceptors (Lipinski definition) is 5. The summed E-state index contributed by atoms with van der Waals surface area (Å²) >= 11 is 1.38. The molecular formula is C10H11N3OS. The third-order valence-corrected chi connectivity index (χ3v) is 2.44. The molecule has 1 aromatic heterocycles. The molecule has 0 saturated carbocycles. The summed E-state index contributed by atoms with van der Waals surface area (Å²) in [7, 11) is 1.90. The molecule has 15 heavy (non-hydrogen) atoms. The molecule has 0 aliphatic heterocycles. The van der Waals surface area contributed by atoms with Crippen LogP contribution in [0.2, 0.25) is 0 Å². The van der Waals surface area contributed by atoms with Crippen LogP contribution >= 0.6 is 11.3 Å². The number of nitrogens with one attached hydrogen (secondary N) is 1. The lowest BCUT2D eigenvalue weighted by molar-refractivity contribution is 0.465. The number of aromatic nitrogens is 2. The lowest BCUT2D eigenvalue weighted by Gasteiger charge is -2.07. The van der Waals surface area contributed by atoms with Crippen molar-refractivity contribution in [2.75, 3.05) is 7.05 Å². The molecule has 0 aliphatic carbocycles. The van der Waals surface area contributed by atoms with Crippen LogP contribution in [0, 0.1) is 0 Å². The highest BCUT2D eigenvalue weighted by molar-refractivity contribution is 7.11. The predicted molar refractivity (Wildman–Crippen MR) is 59.2 cm³/mol. The van der Waals surface area contributed by atoms with E-state index in [1.807, 2.05) is 31.3 Å². The summed E-state index contributed by atoms with van der Waals surface area (Å²) in [6.07, 6.45) is 0. The average Bonchev–Trinajstić information content (AvgIpc) is 2.74. The van der Waals surface area contributed by atoms with Crippen molar-refractivity contribution in [3.05, 3.63) is 35.3 Å². The van der Waals surface area contributed by atoms with Gasteiger partial charge in [0.1, 0.15) is 11.3 Å². The van der Waals surface area contributed by atoms with Gasteiger partial charge >= 0.3 is 0 Å². The quantitative estimate of drug-likeness (QED) is 0.858. The number of nitrogens with zero attached hydrogens (tertiary/aromatic N) is 2. The molecule has 78 valence electrons. The highest BCUT2D eigenvalue weighted by Crippen LogP contribution is 2.25. The van der Waals surface area contributed by atoms with Crippen LogP contribution in [0.15, 0.2) is 29.8 Å². The molecule has 4 nitrogen and oxygen atoms in total. The van der Waals surface area contributed by atoms with Crippen LogP contribution in [0.5, 0.6) is 10.9 Å². The molecule has 1 N–H and O–H groups in total. The molecule has 0 amide bonds. The van der Waals surface area contributed by atoms with Crippen LogP contribution in [-0.2, 0) is 6.54 Å². The van der Waals surface area contributed by atoms with E-state index >= 15 is 0 Å². The van der Waals surface area contributed by atoms with Gasteiger partial charge in [0.15, 0.2) is 0 Å². The van der Waals surface area contributed by atoms with E-state index in [-0.39, 0.29) is 0 Å². The molecule has 5 heteroatoms. The van der Waals surface area contributed by atoms with Gasteiger partial charge in [0, 0.05) is 12.1 Å². The fourth-order valence-corrected chi connectivity index (χ4v) is 1.66. The Morgan fingerprint density at radius 1 is 1.40 bits per heavy atom. The molecule has 0 radical (unpaired) electrons. The van der Waals surface area contributed by atoms with Crippen LogP contribution in [-0.4, -0.2) is 17.2 Å². The molecule has 0 atom stereocenters. The fraction of sp³-hybridized carbons (Fsp3) is 0.200. The first-order valence-electron chi connectivity index (χ1n) is 4.56. The Balaban J connectivity index is 2.20. The van der Waals surface area contributed by atoms with Gasteiger partial charge in [-0.3, -0.25) is 0 Å². The van der Waals surface area contributed by atoms with Gasteiger partial charge in [0.25, 0.3) is 5.19 Å². The monoisotopic (exact) mass is 221 g/mol. The zero-order valence-corrected chi connectivity index (χ0v) is 9.12. The third-order valence-electron chi connectivity index (χ3n) is 1.88. The Hall–Kier alpha value is -1.46. The normalized spacial score (nSPS) is 10.2. The Kier molecular flexibility index (Phi) is 3.26. The average molecular weight is 221 g/mol. The van der Waals surface area contributed by atoms with Crippen molar-refractivity contribution in [1.82, 2.24) is 15.5 Å². The second-order valence-electron chi connectivity index (χ2n) is 2.94. The molecule has 2 rings (SSSR count). The maximum Gasteiger partial charge on any atom is 0.299 e. The third kappa shape index (κ3) is 2.51. The van der Waals surface area contributed by atoms with Gasteiger partial charge in [-0.2, -0.15) is 0 Å². The van der Waals surface area contributed by atoms with E-state index in [0.717, 1.165) is 17.9 Å². The summed E-state index contributed by atoms with van der Waals surface area (Å²) in [4.78, 5) is 0. The first kappa shape index (κ1) is 10.1. The molecular weight excluding hydrogens is 210 g/mol. The summed E-state index contributed by atoms with van der Waals surface area (Å²) in [5.41, 5.74) is 2.76. The van der Waals surface area contributed by atoms with Crippen LogP contribution in [0.1, 0.15) is 5.56 Å². The van der Waals surface area contributed by atoms with Crippen LogP contribution in [0.4, 0.5) is 0 Å². The smallest absolute Gasteiger partial charge is 0.299 e. The van der Waals surface area contributed by atoms with Gasteiger partial charge in [-0.05, 0) is 13.1 Å². The SMILES string of the molecule is CNCc1ccccc1Oc1nncs1. The van der Waals surface area contributed by atoms with Gasteiger partial charge in [-0.25, -0.2) is 0 Å². The topological polar surface area (TPSA) is 47.0 Å². The molecule has 2 aromatic rings. The van der Waals surface area contributed by atoms with E-state index in [4.69, 9.17) is 4.74 Å². The zero-order chi connectivity index (χ0) is 10.5. The lowest BCUT2D eigenvalue weighted by atomic mass is 10.2. The van der Waals surface area contributed by atoms with Crippen molar-refractivity contribution >= 4 is 11.3 Å². The summed E-state index contributed by atoms with van der Waals surface area (Å²) in [5, 5.41) is 11.2. The number of rotatable bonds is 4. The molecule has 0 saturated heterocycles. The number of para-hydroxylation sites is 1. The summed E-state index contributed by atoms with van der Waals surface area (Å²) in [6, 6.07) is 7.87. The largest absolute Gasteiger partial charge is 0.429 e. The number of benzene rings is 1. The van der Waals surface area contributed by atoms with Gasteiger partial charge in [-0.15, -0.1) is 5.10 Å². The Morgan fingerprint density at radius 3 is 3.00 bits per heavy atom. The minimum absolute atomic E-state index is 0.568. The van der Waals surface area contributed by atoms with E-state index in [1.54, 1.807) is 5.51 Å². The number of hydrogen-bond donors (Lipinski definition) is 1. The van der Waals surface area contributed by atoms with Crippen molar-refractivity contribution < 1.29 is 4.74 Å². The highest BCUT2D eigenvalue weighted by atomic mass is 32.1. The van der Waals surface area contributed by atoms with Crippen molar-refractivity contribution in [3.63, 3.8) is 0 Å². The first-order valence-corrected chi connectivity index (χ1v) is 5.44. The molecule has 1 heterocycles. The highest BCUT2D eigenvalue weighted by Gasteiger charge is 2.04. The Bertz CT molecular complexity index is 416. The summed E-state index contributed by atoms with van der Waals surface area (Å²) in [5.74, 6) is 0.823. The second-order valence-corrected chi connectivity index (χ2v) is 3.74. The molecule has 1 aromatic carbocycles. The summed E-state index contributed by atoms with van der Waals surface area (Å²) in [6.45, 7) is 0.773. The van der Waals surface area contributed by atoms with E-state index < -0.39 is 0 Å². The van der Waals surface area contributed by atoms with Crippen molar-refractivity contribution in [2.45, 2.75) is 6.54 Å². The molecule has 0 unspecified atom stereocenters. The molecule has 0 spiro atoms. The minimum atomic E-state index is 0.568. The predicted octanol–water partition coefficient (Wildman–Crippen LogP) is 2.05. The minimum Gasteiger partial charge on any atom is -0.429 e. The maximum absolute atomic E-state index is 5.61. The van der Waals surface area contributed by atoms with Crippen LogP contribution < -0.4 is 10.1 Å². The fourth-order valence-electron chi connectivity index (χ4n) is 1.24. The first-order chi connectivity index (χ1) is 7.40. The van der Waals surface area contributed by atoms with Gasteiger partial charge < -0.3 is 10.1 Å². The standard InChI is InChI=1S/C10H11N3OS/c1-11-6-8-4-2-3-5-9(8)14-10-13-12-7-15-10/h2-5,7,11H,6H2,1H3. The van der Waals surface area contributed by atoms with Crippen LogP contribution in [0.3, 0.4) is 0 Å². The van der Waals surface area contributed by atoms with Crippen molar-refractivity contribution in [1.29, 1.82) is 0 Å². The van der Waals surface area contributed by atoms with Crippen molar-refractivity contribution in [3.8, 4) is 10.9 Å². The van der Waals surface area contributed by atoms with Crippen molar-refractivity contribution in [2.24, 2.45) is 0 Å². The summed E-state index contributed by atoms with van der Waals surface area (Å²) < 4.78 is 5.61. The Morgan fingerprint density at radius 2 is 2.27 bits per heavy atom. The molecule has 0 bridgehead atoms. The van der Waals surface area contributed by atoms with E-state index in [2.05, 4.69) is 15.5 Å². The lowest BCUT2D eigenvalue weighted by Crippen LogP contribution is -2.06. The van der Waals surface area contributed by atoms with Gasteiger partial charge in [0.05, 0.1) is 0 Å². The van der Waals surface area contributed by atoms with Crippen LogP contribution in [0.25, 0.3) is 0 Å². The molecule has 0 aliphatic rings. The Labute approximate surface area is 91.9 Å². The zero-order valence-electron chi connectivity index (χ0n) is 8.30. The van der Waals surface area contributed by atoms with Gasteiger partial charge in [-0.1, -0.05) is 34.6 Å². The van der Waals surface area contributed by atoms with E-state index in [1.165, 1.54) is 11.3 Å². The van der Waals surface area contributed by atoms with Gasteiger partial charge in [0.2, 0.25) is 0 Å². The van der Waals surface area contributed by atoms with E-state index in [0.29, 0.717) is 5.19 Å². The molecule has 0 fully saturated rings.